The molecule has 0 bridgehead atoms. The van der Waals surface area contributed by atoms with E-state index in [0.29, 0.717) is 11.6 Å². The van der Waals surface area contributed by atoms with E-state index < -0.39 is 0 Å². The fourth-order valence-corrected chi connectivity index (χ4v) is 5.79. The van der Waals surface area contributed by atoms with Gasteiger partial charge in [-0.25, -0.2) is 0 Å². The highest BCUT2D eigenvalue weighted by Crippen LogP contribution is 2.47. The highest BCUT2D eigenvalue weighted by molar-refractivity contribution is 7.99. The van der Waals surface area contributed by atoms with E-state index in [4.69, 9.17) is 5.11 Å². The van der Waals surface area contributed by atoms with Crippen LogP contribution in [-0.2, 0) is 0 Å². The molecule has 1 aliphatic rings. The summed E-state index contributed by atoms with van der Waals surface area (Å²) < 4.78 is 0. The molecule has 1 unspecified atom stereocenters. The summed E-state index contributed by atoms with van der Waals surface area (Å²) >= 11 is 1.88. The second-order valence-electron chi connectivity index (χ2n) is 9.43. The Bertz CT molecular complexity index is 1340. The monoisotopic (exact) mass is 576 g/mol. The van der Waals surface area contributed by atoms with E-state index in [1.54, 1.807) is 42.5 Å². The zero-order chi connectivity index (χ0) is 27.8. The maximum absolute atomic E-state index is 9.30. The number of rotatable bonds is 7. The van der Waals surface area contributed by atoms with Gasteiger partial charge in [-0.3, -0.25) is 4.90 Å². The van der Waals surface area contributed by atoms with Gasteiger partial charge in [-0.15, -0.1) is 12.4 Å². The van der Waals surface area contributed by atoms with Crippen molar-refractivity contribution in [2.45, 2.75) is 36.6 Å². The van der Waals surface area contributed by atoms with Crippen molar-refractivity contribution in [3.05, 3.63) is 102 Å². The molecular weight excluding hydrogens is 540 g/mol. The van der Waals surface area contributed by atoms with Gasteiger partial charge in [-0.1, -0.05) is 74.2 Å². The number of phenols is 3. The summed E-state index contributed by atoms with van der Waals surface area (Å²) in [5.41, 5.74) is 4.30. The van der Waals surface area contributed by atoms with Crippen LogP contribution >= 0.6 is 24.2 Å². The molecule has 0 aromatic heterocycles. The zero-order valence-corrected chi connectivity index (χ0v) is 24.7. The van der Waals surface area contributed by atoms with Crippen LogP contribution in [0.1, 0.15) is 31.9 Å². The lowest BCUT2D eigenvalue weighted by Crippen LogP contribution is -2.41. The van der Waals surface area contributed by atoms with Crippen molar-refractivity contribution in [2.75, 3.05) is 24.5 Å². The molecule has 0 fully saturated rings. The minimum absolute atomic E-state index is 0. The number of fused-ring (bicyclic) bond motifs is 2. The van der Waals surface area contributed by atoms with E-state index in [9.17, 15) is 10.2 Å². The van der Waals surface area contributed by atoms with Crippen molar-refractivity contribution in [1.29, 1.82) is 0 Å². The number of phenolic OH excluding ortho intramolecular Hbond substituents is 3. The molecule has 0 saturated carbocycles. The van der Waals surface area contributed by atoms with E-state index in [1.165, 1.54) is 27.2 Å². The molecule has 0 spiro atoms. The predicted octanol–water partition coefficient (Wildman–Crippen LogP) is 8.42. The standard InChI is InChI=1S/C19H24N2S.C14H12O3.ClH/c1-4-20(5-2)15(3)14-21-16-10-6-8-12-18(16)22-19-13-9-7-11-17(19)21;15-12-5-3-10(4-6-12)1-2-11-7-13(16)9-14(17)8-11;/h6-13,15H,4-5,14H2,1-3H3;1-9,15-17H;1H. The predicted molar refractivity (Wildman–Crippen MR) is 170 cm³/mol. The Morgan fingerprint density at radius 2 is 1.20 bits per heavy atom. The van der Waals surface area contributed by atoms with Crippen LogP contribution in [0.5, 0.6) is 17.2 Å². The molecule has 4 aromatic carbocycles. The summed E-state index contributed by atoms with van der Waals surface area (Å²) in [7, 11) is 0. The topological polar surface area (TPSA) is 67.2 Å². The van der Waals surface area contributed by atoms with Gasteiger partial charge in [0, 0.05) is 28.4 Å². The Hall–Kier alpha value is -3.58. The van der Waals surface area contributed by atoms with E-state index in [0.717, 1.165) is 25.2 Å². The first-order valence-electron chi connectivity index (χ1n) is 13.3. The Kier molecular flexibility index (Phi) is 11.4. The van der Waals surface area contributed by atoms with Crippen molar-refractivity contribution in [3.63, 3.8) is 0 Å². The van der Waals surface area contributed by atoms with Crippen molar-refractivity contribution < 1.29 is 15.3 Å². The van der Waals surface area contributed by atoms with Crippen molar-refractivity contribution in [1.82, 2.24) is 4.90 Å². The van der Waals surface area contributed by atoms with Crippen LogP contribution in [0.2, 0.25) is 0 Å². The van der Waals surface area contributed by atoms with Gasteiger partial charge >= 0.3 is 0 Å². The Balaban J connectivity index is 0.000000222. The van der Waals surface area contributed by atoms with Crippen LogP contribution in [0, 0.1) is 0 Å². The van der Waals surface area contributed by atoms with Crippen LogP contribution < -0.4 is 4.90 Å². The highest BCUT2D eigenvalue weighted by atomic mass is 35.5. The normalized spacial score (nSPS) is 12.7. The van der Waals surface area contributed by atoms with Crippen molar-refractivity contribution in [2.24, 2.45) is 0 Å². The number of hydrogen-bond acceptors (Lipinski definition) is 6. The van der Waals surface area contributed by atoms with Crippen LogP contribution in [-0.4, -0.2) is 45.9 Å². The Labute approximate surface area is 247 Å². The molecule has 0 saturated heterocycles. The SMILES string of the molecule is CCN(CC)C(C)CN1c2ccccc2Sc2ccccc21.Cl.Oc1ccc(C=Cc2cc(O)cc(O)c2)cc1. The maximum Gasteiger partial charge on any atom is 0.119 e. The second kappa shape index (κ2) is 14.7. The lowest BCUT2D eigenvalue weighted by Gasteiger charge is -2.37. The minimum atomic E-state index is 0. The number of aromatic hydroxyl groups is 3. The third-order valence-electron chi connectivity index (χ3n) is 6.70. The fourth-order valence-electron chi connectivity index (χ4n) is 4.70. The molecule has 1 heterocycles. The van der Waals surface area contributed by atoms with Gasteiger partial charge in [-0.2, -0.15) is 0 Å². The molecule has 5 nitrogen and oxygen atoms in total. The molecule has 1 atom stereocenters. The van der Waals surface area contributed by atoms with Crippen LogP contribution in [0.15, 0.2) is 101 Å². The van der Waals surface area contributed by atoms with Gasteiger partial charge in [0.15, 0.2) is 0 Å². The summed E-state index contributed by atoms with van der Waals surface area (Å²) in [6.45, 7) is 10.0. The molecule has 0 aliphatic carbocycles. The number of nitrogens with zero attached hydrogens (tertiary/aromatic N) is 2. The maximum atomic E-state index is 9.30. The second-order valence-corrected chi connectivity index (χ2v) is 10.5. The summed E-state index contributed by atoms with van der Waals surface area (Å²) in [4.78, 5) is 7.72. The Morgan fingerprint density at radius 1 is 0.700 bits per heavy atom. The molecule has 0 radical (unpaired) electrons. The largest absolute Gasteiger partial charge is 0.508 e. The summed E-state index contributed by atoms with van der Waals surface area (Å²) in [6, 6.07) is 29.1. The summed E-state index contributed by atoms with van der Waals surface area (Å²) in [5, 5.41) is 27.7. The van der Waals surface area contributed by atoms with E-state index in [2.05, 4.69) is 79.1 Å². The molecular formula is C33H37ClN2O3S. The van der Waals surface area contributed by atoms with Gasteiger partial charge in [0.2, 0.25) is 0 Å². The number of hydrogen-bond donors (Lipinski definition) is 3. The van der Waals surface area contributed by atoms with Crippen LogP contribution in [0.4, 0.5) is 11.4 Å². The first-order chi connectivity index (χ1) is 18.9. The smallest absolute Gasteiger partial charge is 0.119 e. The lowest BCUT2D eigenvalue weighted by molar-refractivity contribution is 0.236. The molecule has 4 aromatic rings. The molecule has 3 N–H and O–H groups in total. The molecule has 1 aliphatic heterocycles. The molecule has 7 heteroatoms. The van der Waals surface area contributed by atoms with E-state index in [1.807, 2.05) is 17.8 Å². The number of benzene rings is 4. The van der Waals surface area contributed by atoms with Crippen molar-refractivity contribution in [3.8, 4) is 17.2 Å². The Morgan fingerprint density at radius 3 is 1.73 bits per heavy atom. The number of anilines is 2. The number of halogens is 1. The third-order valence-corrected chi connectivity index (χ3v) is 7.83. The van der Waals surface area contributed by atoms with Gasteiger partial charge in [0.25, 0.3) is 0 Å². The van der Waals surface area contributed by atoms with Gasteiger partial charge < -0.3 is 20.2 Å². The summed E-state index contributed by atoms with van der Waals surface area (Å²) in [6.07, 6.45) is 3.60. The van der Waals surface area contributed by atoms with Crippen LogP contribution in [0.3, 0.4) is 0 Å². The molecule has 40 heavy (non-hydrogen) atoms. The van der Waals surface area contributed by atoms with E-state index >= 15 is 0 Å². The van der Waals surface area contributed by atoms with Crippen molar-refractivity contribution >= 4 is 47.7 Å². The lowest BCUT2D eigenvalue weighted by atomic mass is 10.1. The molecule has 5 rings (SSSR count). The third kappa shape index (κ3) is 7.98. The number of likely N-dealkylation sites (N-methyl/N-ethyl adjacent to an activating group) is 1. The van der Waals surface area contributed by atoms with Gasteiger partial charge in [-0.05, 0) is 79.7 Å². The van der Waals surface area contributed by atoms with Crippen LogP contribution in [0.25, 0.3) is 12.2 Å². The zero-order valence-electron chi connectivity index (χ0n) is 23.1. The fraction of sp³-hybridized carbons (Fsp3) is 0.212. The van der Waals surface area contributed by atoms with Gasteiger partial charge in [0.05, 0.1) is 11.4 Å². The summed E-state index contributed by atoms with van der Waals surface area (Å²) in [5.74, 6) is 0.267. The molecule has 0 amide bonds. The van der Waals surface area contributed by atoms with E-state index in [-0.39, 0.29) is 29.7 Å². The quantitative estimate of drug-likeness (QED) is 0.192. The highest BCUT2D eigenvalue weighted by Gasteiger charge is 2.25. The number of para-hydroxylation sites is 2. The minimum Gasteiger partial charge on any atom is -0.508 e. The first kappa shape index (κ1) is 31.0. The van der Waals surface area contributed by atoms with Gasteiger partial charge in [0.1, 0.15) is 17.2 Å². The molecule has 210 valence electrons. The average Bonchev–Trinajstić information content (AvgIpc) is 2.93. The average molecular weight is 577 g/mol. The first-order valence-corrected chi connectivity index (χ1v) is 14.1.